The van der Waals surface area contributed by atoms with Gasteiger partial charge in [0.25, 0.3) is 5.91 Å². The summed E-state index contributed by atoms with van der Waals surface area (Å²) in [5.74, 6) is -0.440. The van der Waals surface area contributed by atoms with Crippen molar-refractivity contribution in [1.29, 1.82) is 0 Å². The van der Waals surface area contributed by atoms with Crippen molar-refractivity contribution < 1.29 is 9.59 Å². The molecular weight excluding hydrogens is 402 g/mol. The highest BCUT2D eigenvalue weighted by Gasteiger charge is 2.24. The van der Waals surface area contributed by atoms with Crippen LogP contribution in [0.15, 0.2) is 34.1 Å². The average molecular weight is 424 g/mol. The Morgan fingerprint density at radius 2 is 1.92 bits per heavy atom. The van der Waals surface area contributed by atoms with Crippen LogP contribution in [0, 0.1) is 12.8 Å². The van der Waals surface area contributed by atoms with E-state index in [9.17, 15) is 9.59 Å². The van der Waals surface area contributed by atoms with Gasteiger partial charge in [-0.25, -0.2) is 4.98 Å². The maximum Gasteiger partial charge on any atom is 0.251 e. The zero-order chi connectivity index (χ0) is 18.4. The Morgan fingerprint density at radius 1 is 1.24 bits per heavy atom. The molecule has 0 saturated heterocycles. The van der Waals surface area contributed by atoms with Crippen LogP contribution in [-0.4, -0.2) is 29.4 Å². The average Bonchev–Trinajstić information content (AvgIpc) is 2.98. The van der Waals surface area contributed by atoms with Crippen molar-refractivity contribution in [2.75, 3.05) is 6.54 Å². The third kappa shape index (κ3) is 5.93. The van der Waals surface area contributed by atoms with Crippen LogP contribution in [0.2, 0.25) is 0 Å². The monoisotopic (exact) mass is 423 g/mol. The number of rotatable bonds is 7. The van der Waals surface area contributed by atoms with Crippen LogP contribution < -0.4 is 10.6 Å². The Bertz CT molecular complexity index is 728. The topological polar surface area (TPSA) is 71.1 Å². The summed E-state index contributed by atoms with van der Waals surface area (Å²) in [4.78, 5) is 29.2. The van der Waals surface area contributed by atoms with Crippen molar-refractivity contribution in [3.8, 4) is 0 Å². The van der Waals surface area contributed by atoms with Crippen LogP contribution >= 0.6 is 27.3 Å². The molecule has 2 amide bonds. The summed E-state index contributed by atoms with van der Waals surface area (Å²) in [6, 6.07) is 6.47. The molecule has 1 unspecified atom stereocenters. The van der Waals surface area contributed by atoms with Crippen molar-refractivity contribution in [3.05, 3.63) is 50.4 Å². The zero-order valence-electron chi connectivity index (χ0n) is 14.5. The number of thiazole rings is 1. The molecule has 5 nitrogen and oxygen atoms in total. The van der Waals surface area contributed by atoms with Gasteiger partial charge < -0.3 is 10.6 Å². The summed E-state index contributed by atoms with van der Waals surface area (Å²) in [5, 5.41) is 8.73. The second kappa shape index (κ2) is 9.10. The first-order chi connectivity index (χ1) is 11.9. The molecule has 1 atom stereocenters. The number of carbonyl (C=O) groups is 2. The second-order valence-electron chi connectivity index (χ2n) is 6.10. The van der Waals surface area contributed by atoms with Gasteiger partial charge in [0.2, 0.25) is 5.91 Å². The highest BCUT2D eigenvalue weighted by atomic mass is 79.9. The number of nitrogens with one attached hydrogen (secondary N) is 2. The van der Waals surface area contributed by atoms with E-state index in [1.165, 1.54) is 0 Å². The predicted molar refractivity (Wildman–Crippen MR) is 104 cm³/mol. The maximum atomic E-state index is 12.4. The lowest BCUT2D eigenvalue weighted by Crippen LogP contribution is -2.50. The summed E-state index contributed by atoms with van der Waals surface area (Å²) in [7, 11) is 0. The third-order valence-electron chi connectivity index (χ3n) is 3.69. The molecule has 0 aliphatic rings. The van der Waals surface area contributed by atoms with Crippen molar-refractivity contribution in [2.45, 2.75) is 33.2 Å². The Hall–Kier alpha value is -1.73. The largest absolute Gasteiger partial charge is 0.354 e. The first-order valence-corrected chi connectivity index (χ1v) is 9.79. The number of hydrogen-bond acceptors (Lipinski definition) is 4. The Morgan fingerprint density at radius 3 is 2.48 bits per heavy atom. The standard InChI is InChI=1S/C18H22BrN3O2S/c1-11(2)16(22-17(23)13-4-6-14(19)7-5-13)18(24)20-9-8-15-10-25-12(3)21-15/h4-7,10-11,16H,8-9H2,1-3H3,(H,20,24)(H,22,23). The lowest BCUT2D eigenvalue weighted by atomic mass is 10.0. The molecular formula is C18H22BrN3O2S. The molecule has 2 N–H and O–H groups in total. The van der Waals surface area contributed by atoms with E-state index in [-0.39, 0.29) is 17.7 Å². The number of halogens is 1. The minimum Gasteiger partial charge on any atom is -0.354 e. The number of benzene rings is 1. The number of nitrogens with zero attached hydrogens (tertiary/aromatic N) is 1. The van der Waals surface area contributed by atoms with Crippen molar-refractivity contribution in [1.82, 2.24) is 15.6 Å². The molecule has 0 radical (unpaired) electrons. The van der Waals surface area contributed by atoms with Crippen LogP contribution in [-0.2, 0) is 11.2 Å². The van der Waals surface area contributed by atoms with E-state index in [0.29, 0.717) is 18.5 Å². The number of aromatic nitrogens is 1. The van der Waals surface area contributed by atoms with Gasteiger partial charge in [-0.1, -0.05) is 29.8 Å². The minimum atomic E-state index is -0.576. The molecule has 0 aliphatic heterocycles. The number of aryl methyl sites for hydroxylation is 1. The van der Waals surface area contributed by atoms with E-state index in [2.05, 4.69) is 31.5 Å². The van der Waals surface area contributed by atoms with Crippen LogP contribution in [0.3, 0.4) is 0 Å². The molecule has 0 bridgehead atoms. The number of hydrogen-bond donors (Lipinski definition) is 2. The third-order valence-corrected chi connectivity index (χ3v) is 5.04. The van der Waals surface area contributed by atoms with Crippen molar-refractivity contribution >= 4 is 39.1 Å². The quantitative estimate of drug-likeness (QED) is 0.717. The van der Waals surface area contributed by atoms with E-state index >= 15 is 0 Å². The fraction of sp³-hybridized carbons (Fsp3) is 0.389. The maximum absolute atomic E-state index is 12.4. The van der Waals surface area contributed by atoms with Gasteiger partial charge in [-0.15, -0.1) is 11.3 Å². The second-order valence-corrected chi connectivity index (χ2v) is 8.08. The molecule has 7 heteroatoms. The molecule has 2 rings (SSSR count). The fourth-order valence-electron chi connectivity index (χ4n) is 2.31. The Kier molecular flexibility index (Phi) is 7.13. The van der Waals surface area contributed by atoms with Gasteiger partial charge in [0.1, 0.15) is 6.04 Å². The Labute approximate surface area is 160 Å². The molecule has 1 heterocycles. The first kappa shape index (κ1) is 19.6. The molecule has 1 aromatic carbocycles. The first-order valence-electron chi connectivity index (χ1n) is 8.12. The molecule has 0 saturated carbocycles. The van der Waals surface area contributed by atoms with E-state index in [1.807, 2.05) is 26.2 Å². The van der Waals surface area contributed by atoms with Gasteiger partial charge in [-0.3, -0.25) is 9.59 Å². The van der Waals surface area contributed by atoms with Gasteiger partial charge in [-0.05, 0) is 37.1 Å². The molecule has 0 fully saturated rings. The summed E-state index contributed by atoms with van der Waals surface area (Å²) >= 11 is 4.94. The zero-order valence-corrected chi connectivity index (χ0v) is 16.9. The van der Waals surface area contributed by atoms with Gasteiger partial charge in [0, 0.05) is 28.4 Å². The molecule has 2 aromatic rings. The summed E-state index contributed by atoms with van der Waals surface area (Å²) in [5.41, 5.74) is 1.50. The van der Waals surface area contributed by atoms with Gasteiger partial charge in [0.15, 0.2) is 0 Å². The smallest absolute Gasteiger partial charge is 0.251 e. The van der Waals surface area contributed by atoms with Crippen LogP contribution in [0.25, 0.3) is 0 Å². The van der Waals surface area contributed by atoms with E-state index in [4.69, 9.17) is 0 Å². The lowest BCUT2D eigenvalue weighted by molar-refractivity contribution is -0.123. The fourth-order valence-corrected chi connectivity index (χ4v) is 3.22. The minimum absolute atomic E-state index is 0.0130. The van der Waals surface area contributed by atoms with Crippen molar-refractivity contribution in [2.24, 2.45) is 5.92 Å². The van der Waals surface area contributed by atoms with Crippen LogP contribution in [0.5, 0.6) is 0 Å². The lowest BCUT2D eigenvalue weighted by Gasteiger charge is -2.21. The number of amides is 2. The molecule has 134 valence electrons. The highest BCUT2D eigenvalue weighted by Crippen LogP contribution is 2.12. The molecule has 25 heavy (non-hydrogen) atoms. The summed E-state index contributed by atoms with van der Waals surface area (Å²) < 4.78 is 0.902. The normalized spacial score (nSPS) is 12.0. The van der Waals surface area contributed by atoms with Crippen molar-refractivity contribution in [3.63, 3.8) is 0 Å². The van der Waals surface area contributed by atoms with Crippen LogP contribution in [0.1, 0.15) is 34.9 Å². The molecule has 0 spiro atoms. The van der Waals surface area contributed by atoms with Gasteiger partial charge in [-0.2, -0.15) is 0 Å². The highest BCUT2D eigenvalue weighted by molar-refractivity contribution is 9.10. The van der Waals surface area contributed by atoms with Gasteiger partial charge >= 0.3 is 0 Å². The van der Waals surface area contributed by atoms with E-state index < -0.39 is 6.04 Å². The van der Waals surface area contributed by atoms with E-state index in [1.54, 1.807) is 35.6 Å². The summed E-state index contributed by atoms with van der Waals surface area (Å²) in [6.45, 7) is 6.28. The van der Waals surface area contributed by atoms with Gasteiger partial charge in [0.05, 0.1) is 10.7 Å². The predicted octanol–water partition coefficient (Wildman–Crippen LogP) is 3.33. The SMILES string of the molecule is Cc1nc(CCNC(=O)C(NC(=O)c2ccc(Br)cc2)C(C)C)cs1. The van der Waals surface area contributed by atoms with Crippen LogP contribution in [0.4, 0.5) is 0 Å². The van der Waals surface area contributed by atoms with E-state index in [0.717, 1.165) is 15.2 Å². The summed E-state index contributed by atoms with van der Waals surface area (Å²) in [6.07, 6.45) is 0.682. The molecule has 1 aromatic heterocycles. The molecule has 0 aliphatic carbocycles. The number of carbonyl (C=O) groups excluding carboxylic acids is 2. The Balaban J connectivity index is 1.91.